The molecule has 2 fully saturated rings. The van der Waals surface area contributed by atoms with E-state index in [-0.39, 0.29) is 6.04 Å². The monoisotopic (exact) mass is 385 g/mol. The summed E-state index contributed by atoms with van der Waals surface area (Å²) in [6, 6.07) is 9.13. The number of pyridine rings is 1. The molecular weight excluding hydrogens is 358 g/mol. The molecular formula is C21H27N3O2S. The van der Waals surface area contributed by atoms with E-state index in [0.29, 0.717) is 11.4 Å². The lowest BCUT2D eigenvalue weighted by atomic mass is 10.1. The Kier molecular flexibility index (Phi) is 4.95. The van der Waals surface area contributed by atoms with Crippen molar-refractivity contribution in [2.75, 3.05) is 24.5 Å². The van der Waals surface area contributed by atoms with Gasteiger partial charge in [-0.1, -0.05) is 17.7 Å². The molecule has 2 saturated heterocycles. The zero-order valence-electron chi connectivity index (χ0n) is 16.1. The smallest absolute Gasteiger partial charge is 0.243 e. The van der Waals surface area contributed by atoms with Crippen LogP contribution >= 0.6 is 0 Å². The third kappa shape index (κ3) is 3.48. The Bertz CT molecular complexity index is 919. The van der Waals surface area contributed by atoms with Gasteiger partial charge < -0.3 is 4.90 Å². The van der Waals surface area contributed by atoms with Crippen molar-refractivity contribution in [1.82, 2.24) is 9.29 Å². The van der Waals surface area contributed by atoms with E-state index in [1.165, 1.54) is 12.8 Å². The normalized spacial score (nSPS) is 21.1. The molecule has 144 valence electrons. The lowest BCUT2D eigenvalue weighted by Crippen LogP contribution is -2.31. The Hall–Kier alpha value is -1.92. The van der Waals surface area contributed by atoms with Gasteiger partial charge in [0.05, 0.1) is 10.9 Å². The van der Waals surface area contributed by atoms with Crippen LogP contribution in [-0.4, -0.2) is 37.3 Å². The van der Waals surface area contributed by atoms with Crippen molar-refractivity contribution in [1.29, 1.82) is 0 Å². The molecule has 0 N–H and O–H groups in total. The highest BCUT2D eigenvalue weighted by molar-refractivity contribution is 7.89. The summed E-state index contributed by atoms with van der Waals surface area (Å²) in [7, 11) is -3.50. The molecule has 2 aliphatic heterocycles. The fourth-order valence-electron chi connectivity index (χ4n) is 4.24. The molecule has 0 saturated carbocycles. The summed E-state index contributed by atoms with van der Waals surface area (Å²) < 4.78 is 28.0. The largest absolute Gasteiger partial charge is 0.356 e. The highest BCUT2D eigenvalue weighted by Crippen LogP contribution is 2.37. The number of hydrogen-bond acceptors (Lipinski definition) is 4. The summed E-state index contributed by atoms with van der Waals surface area (Å²) in [5.74, 6) is 1.04. The van der Waals surface area contributed by atoms with Gasteiger partial charge in [0, 0.05) is 25.8 Å². The van der Waals surface area contributed by atoms with Crippen LogP contribution in [-0.2, 0) is 10.0 Å². The van der Waals surface area contributed by atoms with Crippen molar-refractivity contribution in [3.8, 4) is 0 Å². The molecule has 0 radical (unpaired) electrons. The molecule has 27 heavy (non-hydrogen) atoms. The van der Waals surface area contributed by atoms with Gasteiger partial charge in [-0.15, -0.1) is 0 Å². The van der Waals surface area contributed by atoms with E-state index < -0.39 is 10.0 Å². The minimum atomic E-state index is -3.50. The number of hydrogen-bond donors (Lipinski definition) is 0. The van der Waals surface area contributed by atoms with Crippen molar-refractivity contribution in [3.63, 3.8) is 0 Å². The second kappa shape index (κ2) is 7.24. The van der Waals surface area contributed by atoms with Gasteiger partial charge in [0.15, 0.2) is 0 Å². The van der Waals surface area contributed by atoms with Crippen LogP contribution in [0.5, 0.6) is 0 Å². The van der Waals surface area contributed by atoms with Gasteiger partial charge in [-0.25, -0.2) is 13.4 Å². The van der Waals surface area contributed by atoms with E-state index in [1.54, 1.807) is 16.4 Å². The highest BCUT2D eigenvalue weighted by atomic mass is 32.2. The van der Waals surface area contributed by atoms with E-state index in [1.807, 2.05) is 25.3 Å². The van der Waals surface area contributed by atoms with Crippen molar-refractivity contribution >= 4 is 15.8 Å². The summed E-state index contributed by atoms with van der Waals surface area (Å²) in [6.07, 6.45) is 6.04. The molecule has 4 rings (SSSR count). The standard InChI is InChI=1S/C21H27N3O2S/c1-16-7-9-19(10-8-16)27(25,26)24-13-5-6-20(24)18-14-17(2)21(22-15-18)23-11-3-4-12-23/h7-10,14-15,20H,3-6,11-13H2,1-2H3/t20-/m0/s1. The Balaban J connectivity index is 1.63. The highest BCUT2D eigenvalue weighted by Gasteiger charge is 2.36. The Morgan fingerprint density at radius 2 is 1.70 bits per heavy atom. The van der Waals surface area contributed by atoms with Crippen LogP contribution in [0, 0.1) is 13.8 Å². The van der Waals surface area contributed by atoms with Crippen molar-refractivity contribution < 1.29 is 8.42 Å². The summed E-state index contributed by atoms with van der Waals surface area (Å²) in [4.78, 5) is 7.41. The maximum Gasteiger partial charge on any atom is 0.243 e. The number of aryl methyl sites for hydroxylation is 2. The molecule has 5 nitrogen and oxygen atoms in total. The maximum atomic E-state index is 13.2. The summed E-state index contributed by atoms with van der Waals surface area (Å²) >= 11 is 0. The minimum absolute atomic E-state index is 0.130. The lowest BCUT2D eigenvalue weighted by Gasteiger charge is -2.26. The molecule has 1 atom stereocenters. The van der Waals surface area contributed by atoms with Crippen LogP contribution in [0.25, 0.3) is 0 Å². The van der Waals surface area contributed by atoms with Gasteiger partial charge >= 0.3 is 0 Å². The Morgan fingerprint density at radius 1 is 1.00 bits per heavy atom. The predicted octanol–water partition coefficient (Wildman–Crippen LogP) is 3.82. The summed E-state index contributed by atoms with van der Waals surface area (Å²) in [5, 5.41) is 0. The zero-order valence-corrected chi connectivity index (χ0v) is 16.9. The molecule has 0 amide bonds. The molecule has 0 bridgehead atoms. The van der Waals surface area contributed by atoms with Gasteiger partial charge in [-0.3, -0.25) is 0 Å². The first kappa shape index (κ1) is 18.4. The SMILES string of the molecule is Cc1ccc(S(=O)(=O)N2CCC[C@H]2c2cnc(N3CCCC3)c(C)c2)cc1. The summed E-state index contributed by atoms with van der Waals surface area (Å²) in [6.45, 7) is 6.73. The van der Waals surface area contributed by atoms with Crippen molar-refractivity contribution in [2.24, 2.45) is 0 Å². The lowest BCUT2D eigenvalue weighted by molar-refractivity contribution is 0.396. The fraction of sp³-hybridized carbons (Fsp3) is 0.476. The van der Waals surface area contributed by atoms with E-state index in [9.17, 15) is 8.42 Å². The minimum Gasteiger partial charge on any atom is -0.356 e. The van der Waals surface area contributed by atoms with Crippen molar-refractivity contribution in [3.05, 3.63) is 53.2 Å². The van der Waals surface area contributed by atoms with Gasteiger partial charge in [-0.05, 0) is 68.9 Å². The average Bonchev–Trinajstić information content (AvgIpc) is 3.34. The van der Waals surface area contributed by atoms with Crippen LogP contribution in [0.2, 0.25) is 0 Å². The Labute approximate surface area is 162 Å². The molecule has 3 heterocycles. The molecule has 2 aromatic rings. The number of nitrogens with zero attached hydrogens (tertiary/aromatic N) is 3. The first-order chi connectivity index (χ1) is 13.0. The quantitative estimate of drug-likeness (QED) is 0.803. The first-order valence-corrected chi connectivity index (χ1v) is 11.2. The second-order valence-corrected chi connectivity index (χ2v) is 9.58. The molecule has 2 aliphatic rings. The molecule has 1 aromatic carbocycles. The number of anilines is 1. The second-order valence-electron chi connectivity index (χ2n) is 7.69. The molecule has 0 spiro atoms. The molecule has 1 aromatic heterocycles. The summed E-state index contributed by atoms with van der Waals surface area (Å²) in [5.41, 5.74) is 3.20. The first-order valence-electron chi connectivity index (χ1n) is 9.77. The van der Waals surface area contributed by atoms with Gasteiger partial charge in [0.1, 0.15) is 5.82 Å². The number of aromatic nitrogens is 1. The number of benzene rings is 1. The average molecular weight is 386 g/mol. The topological polar surface area (TPSA) is 53.5 Å². The number of sulfonamides is 1. The van der Waals surface area contributed by atoms with Crippen LogP contribution in [0.4, 0.5) is 5.82 Å². The third-order valence-electron chi connectivity index (χ3n) is 5.69. The molecule has 0 aliphatic carbocycles. The predicted molar refractivity (Wildman–Crippen MR) is 107 cm³/mol. The van der Waals surface area contributed by atoms with Crippen LogP contribution in [0.15, 0.2) is 41.4 Å². The molecule has 0 unspecified atom stereocenters. The van der Waals surface area contributed by atoms with E-state index in [2.05, 4.69) is 17.9 Å². The zero-order chi connectivity index (χ0) is 19.0. The van der Waals surface area contributed by atoms with Gasteiger partial charge in [-0.2, -0.15) is 4.31 Å². The Morgan fingerprint density at radius 3 is 2.37 bits per heavy atom. The third-order valence-corrected chi connectivity index (χ3v) is 7.62. The van der Waals surface area contributed by atoms with E-state index in [0.717, 1.165) is 48.4 Å². The van der Waals surface area contributed by atoms with Crippen LogP contribution < -0.4 is 4.90 Å². The fourth-order valence-corrected chi connectivity index (χ4v) is 5.92. The van der Waals surface area contributed by atoms with E-state index >= 15 is 0 Å². The van der Waals surface area contributed by atoms with Gasteiger partial charge in [0.2, 0.25) is 10.0 Å². The maximum absolute atomic E-state index is 13.2. The van der Waals surface area contributed by atoms with E-state index in [4.69, 9.17) is 4.98 Å². The molecule has 6 heteroatoms. The van der Waals surface area contributed by atoms with Crippen LogP contribution in [0.1, 0.15) is 48.4 Å². The van der Waals surface area contributed by atoms with Crippen LogP contribution in [0.3, 0.4) is 0 Å². The van der Waals surface area contributed by atoms with Gasteiger partial charge in [0.25, 0.3) is 0 Å². The van der Waals surface area contributed by atoms with Crippen molar-refractivity contribution in [2.45, 2.75) is 50.5 Å². The number of rotatable bonds is 4.